The normalized spacial score (nSPS) is 23.2. The minimum absolute atomic E-state index is 0.574. The Balaban J connectivity index is 2.07. The van der Waals surface area contributed by atoms with E-state index in [-0.39, 0.29) is 0 Å². The molecule has 1 aliphatic rings. The Morgan fingerprint density at radius 3 is 2.93 bits per heavy atom. The Hall–Kier alpha value is -0.160. The molecule has 0 amide bonds. The Morgan fingerprint density at radius 2 is 2.20 bits per heavy atom. The molecule has 90 valence electrons. The Morgan fingerprint density at radius 1 is 1.33 bits per heavy atom. The zero-order valence-electron chi connectivity index (χ0n) is 9.91. The van der Waals surface area contributed by atoms with E-state index in [1.54, 1.807) is 7.11 Å². The van der Waals surface area contributed by atoms with Crippen LogP contribution in [-0.4, -0.2) is 64.2 Å². The predicted octanol–water partition coefficient (Wildman–Crippen LogP) is 0.760. The summed E-state index contributed by atoms with van der Waals surface area (Å²) in [5, 5.41) is 0. The largest absolute Gasteiger partial charge is 0.382 e. The van der Waals surface area contributed by atoms with E-state index in [1.807, 2.05) is 0 Å². The van der Waals surface area contributed by atoms with Crippen molar-refractivity contribution < 1.29 is 14.2 Å². The molecule has 4 nitrogen and oxygen atoms in total. The summed E-state index contributed by atoms with van der Waals surface area (Å²) in [5.74, 6) is 0. The van der Waals surface area contributed by atoms with Crippen molar-refractivity contribution in [1.29, 1.82) is 0 Å². The summed E-state index contributed by atoms with van der Waals surface area (Å²) >= 11 is 0. The molecule has 0 aromatic rings. The van der Waals surface area contributed by atoms with Crippen molar-refractivity contribution in [1.82, 2.24) is 4.90 Å². The number of rotatable bonds is 7. The van der Waals surface area contributed by atoms with Crippen molar-refractivity contribution in [3.63, 3.8) is 0 Å². The number of nitrogens with zero attached hydrogens (tertiary/aromatic N) is 1. The van der Waals surface area contributed by atoms with Crippen LogP contribution in [0.4, 0.5) is 0 Å². The van der Waals surface area contributed by atoms with Gasteiger partial charge in [0, 0.05) is 26.2 Å². The number of hydrogen-bond acceptors (Lipinski definition) is 4. The number of morpholine rings is 1. The molecule has 0 aromatic heterocycles. The van der Waals surface area contributed by atoms with Gasteiger partial charge >= 0.3 is 0 Å². The fourth-order valence-corrected chi connectivity index (χ4v) is 1.79. The van der Waals surface area contributed by atoms with E-state index in [0.717, 1.165) is 39.3 Å². The van der Waals surface area contributed by atoms with Gasteiger partial charge in [0.05, 0.1) is 33.0 Å². The first-order chi connectivity index (χ1) is 7.38. The van der Waals surface area contributed by atoms with Gasteiger partial charge in [-0.2, -0.15) is 0 Å². The molecule has 1 aliphatic heterocycles. The summed E-state index contributed by atoms with van der Waals surface area (Å²) in [6, 6.07) is 0.574. The fraction of sp³-hybridized carbons (Fsp3) is 1.00. The maximum atomic E-state index is 5.46. The predicted molar refractivity (Wildman–Crippen MR) is 59.2 cm³/mol. The average Bonchev–Trinajstić information content (AvgIpc) is 2.29. The van der Waals surface area contributed by atoms with Gasteiger partial charge in [0.2, 0.25) is 0 Å². The van der Waals surface area contributed by atoms with Crippen molar-refractivity contribution in [2.24, 2.45) is 0 Å². The highest BCUT2D eigenvalue weighted by Crippen LogP contribution is 2.09. The molecule has 4 heteroatoms. The third-order valence-electron chi connectivity index (χ3n) is 2.78. The van der Waals surface area contributed by atoms with Gasteiger partial charge in [-0.1, -0.05) is 6.92 Å². The maximum absolute atomic E-state index is 5.46. The van der Waals surface area contributed by atoms with Crippen molar-refractivity contribution in [2.45, 2.75) is 19.4 Å². The van der Waals surface area contributed by atoms with Crippen LogP contribution in [0.15, 0.2) is 0 Å². The minimum Gasteiger partial charge on any atom is -0.382 e. The summed E-state index contributed by atoms with van der Waals surface area (Å²) in [6.07, 6.45) is 1.15. The van der Waals surface area contributed by atoms with Gasteiger partial charge in [-0.3, -0.25) is 4.90 Å². The van der Waals surface area contributed by atoms with E-state index in [2.05, 4.69) is 11.8 Å². The van der Waals surface area contributed by atoms with E-state index < -0.39 is 0 Å². The number of hydrogen-bond donors (Lipinski definition) is 0. The lowest BCUT2D eigenvalue weighted by Crippen LogP contribution is -2.46. The monoisotopic (exact) mass is 217 g/mol. The molecular formula is C11H23NO3. The summed E-state index contributed by atoms with van der Waals surface area (Å²) in [6.45, 7) is 8.14. The second-order valence-corrected chi connectivity index (χ2v) is 3.78. The molecule has 1 fully saturated rings. The van der Waals surface area contributed by atoms with Crippen LogP contribution in [0.1, 0.15) is 13.3 Å². The lowest BCUT2D eigenvalue weighted by atomic mass is 10.2. The first-order valence-electron chi connectivity index (χ1n) is 5.77. The highest BCUT2D eigenvalue weighted by Gasteiger charge is 2.20. The Bertz CT molecular complexity index is 155. The summed E-state index contributed by atoms with van der Waals surface area (Å²) in [5.41, 5.74) is 0. The first kappa shape index (κ1) is 12.9. The molecule has 1 saturated heterocycles. The number of ether oxygens (including phenoxy) is 3. The van der Waals surface area contributed by atoms with Crippen LogP contribution >= 0.6 is 0 Å². The Labute approximate surface area is 92.5 Å². The van der Waals surface area contributed by atoms with Crippen LogP contribution in [0, 0.1) is 0 Å². The van der Waals surface area contributed by atoms with Crippen molar-refractivity contribution in [3.05, 3.63) is 0 Å². The van der Waals surface area contributed by atoms with Gasteiger partial charge in [0.1, 0.15) is 0 Å². The van der Waals surface area contributed by atoms with E-state index in [0.29, 0.717) is 19.3 Å². The molecular weight excluding hydrogens is 194 g/mol. The molecule has 0 saturated carbocycles. The molecule has 1 rings (SSSR count). The van der Waals surface area contributed by atoms with Crippen LogP contribution in [0.5, 0.6) is 0 Å². The van der Waals surface area contributed by atoms with Gasteiger partial charge in [-0.15, -0.1) is 0 Å². The molecule has 15 heavy (non-hydrogen) atoms. The van der Waals surface area contributed by atoms with Crippen LogP contribution in [0.3, 0.4) is 0 Å². The molecule has 0 bridgehead atoms. The van der Waals surface area contributed by atoms with Crippen LogP contribution < -0.4 is 0 Å². The van der Waals surface area contributed by atoms with Gasteiger partial charge < -0.3 is 14.2 Å². The minimum atomic E-state index is 0.574. The van der Waals surface area contributed by atoms with E-state index in [4.69, 9.17) is 14.2 Å². The molecule has 1 heterocycles. The van der Waals surface area contributed by atoms with Gasteiger partial charge in [-0.05, 0) is 6.42 Å². The summed E-state index contributed by atoms with van der Waals surface area (Å²) in [4.78, 5) is 2.45. The van der Waals surface area contributed by atoms with Gasteiger partial charge in [0.15, 0.2) is 0 Å². The smallest absolute Gasteiger partial charge is 0.0700 e. The highest BCUT2D eigenvalue weighted by atomic mass is 16.5. The van der Waals surface area contributed by atoms with E-state index in [1.165, 1.54) is 0 Å². The highest BCUT2D eigenvalue weighted by molar-refractivity contribution is 4.73. The average molecular weight is 217 g/mol. The lowest BCUT2D eigenvalue weighted by Gasteiger charge is -2.34. The van der Waals surface area contributed by atoms with Gasteiger partial charge in [0.25, 0.3) is 0 Å². The third kappa shape index (κ3) is 4.93. The molecule has 1 unspecified atom stereocenters. The van der Waals surface area contributed by atoms with E-state index in [9.17, 15) is 0 Å². The molecule has 0 N–H and O–H groups in total. The lowest BCUT2D eigenvalue weighted by molar-refractivity contribution is -0.0244. The fourth-order valence-electron chi connectivity index (χ4n) is 1.79. The molecule has 1 atom stereocenters. The quantitative estimate of drug-likeness (QED) is 0.589. The maximum Gasteiger partial charge on any atom is 0.0700 e. The molecule has 0 radical (unpaired) electrons. The van der Waals surface area contributed by atoms with Crippen molar-refractivity contribution >= 4 is 0 Å². The van der Waals surface area contributed by atoms with Crippen LogP contribution in [0.2, 0.25) is 0 Å². The zero-order chi connectivity index (χ0) is 10.9. The zero-order valence-corrected chi connectivity index (χ0v) is 9.91. The molecule has 0 aliphatic carbocycles. The van der Waals surface area contributed by atoms with Crippen LogP contribution in [0.25, 0.3) is 0 Å². The molecule has 0 aromatic carbocycles. The van der Waals surface area contributed by atoms with Gasteiger partial charge in [-0.25, -0.2) is 0 Å². The SMILES string of the molecule is CCC1COCCN1CCOCCOC. The second kappa shape index (κ2) is 8.05. The number of methoxy groups -OCH3 is 1. The summed E-state index contributed by atoms with van der Waals surface area (Å²) < 4.78 is 15.8. The standard InChI is InChI=1S/C11H23NO3/c1-3-11-10-15-7-5-12(11)4-6-14-9-8-13-2/h11H,3-10H2,1-2H3. The third-order valence-corrected chi connectivity index (χ3v) is 2.78. The molecule has 0 spiro atoms. The van der Waals surface area contributed by atoms with Crippen molar-refractivity contribution in [3.8, 4) is 0 Å². The topological polar surface area (TPSA) is 30.9 Å². The van der Waals surface area contributed by atoms with Crippen molar-refractivity contribution in [2.75, 3.05) is 53.2 Å². The first-order valence-corrected chi connectivity index (χ1v) is 5.77. The second-order valence-electron chi connectivity index (χ2n) is 3.78. The summed E-state index contributed by atoms with van der Waals surface area (Å²) in [7, 11) is 1.69. The van der Waals surface area contributed by atoms with Crippen LogP contribution in [-0.2, 0) is 14.2 Å². The van der Waals surface area contributed by atoms with E-state index >= 15 is 0 Å². The Kier molecular flexibility index (Phi) is 6.92.